The number of carbonyl (C=O) groups is 2. The number of rotatable bonds is 6. The fourth-order valence-electron chi connectivity index (χ4n) is 5.34. The Morgan fingerprint density at radius 3 is 2.58 bits per heavy atom. The maximum absolute atomic E-state index is 13.1. The van der Waals surface area contributed by atoms with Gasteiger partial charge >= 0.3 is 6.03 Å². The number of carbonyl (C=O) groups excluding carboxylic acids is 2. The van der Waals surface area contributed by atoms with Crippen LogP contribution in [0.1, 0.15) is 53.1 Å². The number of halogens is 2. The number of urea groups is 1. The van der Waals surface area contributed by atoms with E-state index < -0.39 is 0 Å². The third kappa shape index (κ3) is 6.22. The normalized spacial score (nSPS) is 17.4. The summed E-state index contributed by atoms with van der Waals surface area (Å²) in [5.74, 6) is 0.0940. The molecule has 1 aliphatic carbocycles. The molecular formula is C29H31Cl2N5O2. The lowest BCUT2D eigenvalue weighted by Crippen LogP contribution is -2.44. The molecule has 2 heterocycles. The number of nitrogens with one attached hydrogen (secondary N) is 3. The summed E-state index contributed by atoms with van der Waals surface area (Å²) < 4.78 is 0. The highest BCUT2D eigenvalue weighted by molar-refractivity contribution is 6.43. The van der Waals surface area contributed by atoms with Crippen molar-refractivity contribution in [3.05, 3.63) is 87.7 Å². The first-order chi connectivity index (χ1) is 18.5. The quantitative estimate of drug-likeness (QED) is 0.349. The first kappa shape index (κ1) is 26.3. The van der Waals surface area contributed by atoms with Gasteiger partial charge in [0.15, 0.2) is 0 Å². The van der Waals surface area contributed by atoms with Gasteiger partial charge in [-0.2, -0.15) is 0 Å². The van der Waals surface area contributed by atoms with Crippen molar-refractivity contribution >= 4 is 46.5 Å². The van der Waals surface area contributed by atoms with Gasteiger partial charge < -0.3 is 20.9 Å². The molecule has 38 heavy (non-hydrogen) atoms. The Balaban J connectivity index is 1.17. The van der Waals surface area contributed by atoms with Crippen LogP contribution in [0.25, 0.3) is 0 Å². The number of nitrogens with zero attached hydrogens (tertiary/aromatic N) is 2. The monoisotopic (exact) mass is 551 g/mol. The van der Waals surface area contributed by atoms with E-state index in [1.54, 1.807) is 18.2 Å². The highest BCUT2D eigenvalue weighted by atomic mass is 35.5. The van der Waals surface area contributed by atoms with Crippen molar-refractivity contribution in [2.24, 2.45) is 0 Å². The summed E-state index contributed by atoms with van der Waals surface area (Å²) >= 11 is 12.2. The van der Waals surface area contributed by atoms with E-state index in [0.717, 1.165) is 50.8 Å². The molecule has 1 saturated heterocycles. The van der Waals surface area contributed by atoms with Gasteiger partial charge in [0.25, 0.3) is 5.91 Å². The fourth-order valence-corrected chi connectivity index (χ4v) is 5.69. The third-order valence-corrected chi connectivity index (χ3v) is 8.23. The molecule has 1 fully saturated rings. The van der Waals surface area contributed by atoms with Crippen molar-refractivity contribution in [3.8, 4) is 0 Å². The summed E-state index contributed by atoms with van der Waals surface area (Å²) in [6.45, 7) is 2.26. The van der Waals surface area contributed by atoms with Crippen LogP contribution in [-0.2, 0) is 6.42 Å². The number of anilines is 2. The zero-order valence-corrected chi connectivity index (χ0v) is 22.6. The highest BCUT2D eigenvalue weighted by Crippen LogP contribution is 2.33. The molecule has 3 N–H and O–H groups in total. The maximum atomic E-state index is 13.1. The average molecular weight is 553 g/mol. The van der Waals surface area contributed by atoms with E-state index in [-0.39, 0.29) is 23.9 Å². The Labute approximate surface area is 232 Å². The molecule has 3 amide bonds. The number of aryl methyl sites for hydroxylation is 1. The topological polar surface area (TPSA) is 86.4 Å². The van der Waals surface area contributed by atoms with E-state index in [2.05, 4.69) is 31.9 Å². The summed E-state index contributed by atoms with van der Waals surface area (Å²) in [5.41, 5.74) is 4.68. The van der Waals surface area contributed by atoms with Crippen LogP contribution in [0.3, 0.4) is 0 Å². The van der Waals surface area contributed by atoms with Crippen LogP contribution in [0.2, 0.25) is 10.0 Å². The molecule has 2 aromatic carbocycles. The second-order valence-corrected chi connectivity index (χ2v) is 10.7. The number of benzene rings is 2. The molecule has 5 rings (SSSR count). The molecule has 0 spiro atoms. The largest absolute Gasteiger partial charge is 0.371 e. The molecule has 9 heteroatoms. The Bertz CT molecular complexity index is 1300. The van der Waals surface area contributed by atoms with Crippen LogP contribution < -0.4 is 20.9 Å². The molecule has 0 saturated carbocycles. The van der Waals surface area contributed by atoms with Gasteiger partial charge in [0.1, 0.15) is 0 Å². The highest BCUT2D eigenvalue weighted by Gasteiger charge is 2.25. The molecule has 1 aromatic heterocycles. The molecule has 0 bridgehead atoms. The van der Waals surface area contributed by atoms with Crippen molar-refractivity contribution in [1.82, 2.24) is 15.6 Å². The molecule has 1 unspecified atom stereocenters. The van der Waals surface area contributed by atoms with Crippen LogP contribution in [-0.4, -0.2) is 42.6 Å². The van der Waals surface area contributed by atoms with E-state index in [9.17, 15) is 9.59 Å². The van der Waals surface area contributed by atoms with Crippen LogP contribution in [0.5, 0.6) is 0 Å². The van der Waals surface area contributed by atoms with Gasteiger partial charge in [0, 0.05) is 55.2 Å². The fraction of sp³-hybridized carbons (Fsp3) is 0.345. The van der Waals surface area contributed by atoms with E-state index in [1.807, 2.05) is 36.7 Å². The van der Waals surface area contributed by atoms with Crippen LogP contribution in [0.4, 0.5) is 16.2 Å². The SMILES string of the molecule is O=C(NCC1CCCc2ccc(C(=O)NC3CCN(c4ccncc4)CC3)cc21)Nc1cccc(Cl)c1Cl. The van der Waals surface area contributed by atoms with E-state index in [0.29, 0.717) is 27.8 Å². The Morgan fingerprint density at radius 1 is 1.00 bits per heavy atom. The predicted octanol–water partition coefficient (Wildman–Crippen LogP) is 6.03. The lowest BCUT2D eigenvalue weighted by Gasteiger charge is -2.34. The number of fused-ring (bicyclic) bond motifs is 1. The summed E-state index contributed by atoms with van der Waals surface area (Å²) in [4.78, 5) is 32.1. The molecule has 2 aliphatic rings. The summed E-state index contributed by atoms with van der Waals surface area (Å²) in [7, 11) is 0. The number of piperidine rings is 1. The van der Waals surface area contributed by atoms with Crippen molar-refractivity contribution in [2.75, 3.05) is 29.9 Å². The summed E-state index contributed by atoms with van der Waals surface area (Å²) in [6.07, 6.45) is 8.39. The molecule has 1 atom stereocenters. The Kier molecular flexibility index (Phi) is 8.35. The van der Waals surface area contributed by atoms with Gasteiger partial charge in [-0.3, -0.25) is 9.78 Å². The van der Waals surface area contributed by atoms with Gasteiger partial charge in [0.2, 0.25) is 0 Å². The molecule has 0 radical (unpaired) electrons. The standard InChI is InChI=1S/C29H31Cl2N5O2/c30-25-5-2-6-26(27(25)31)35-29(38)33-18-21-4-1-3-19-7-8-20(17-24(19)21)28(37)34-22-11-15-36(16-12-22)23-9-13-32-14-10-23/h2,5-10,13-14,17,21-22H,1,3-4,11-12,15-16,18H2,(H,34,37)(H2,33,35,38). The van der Waals surface area contributed by atoms with Crippen LogP contribution in [0, 0.1) is 0 Å². The zero-order valence-electron chi connectivity index (χ0n) is 21.1. The van der Waals surface area contributed by atoms with Gasteiger partial charge in [-0.1, -0.05) is 35.3 Å². The molecule has 198 valence electrons. The molecule has 1 aliphatic heterocycles. The smallest absolute Gasteiger partial charge is 0.319 e. The van der Waals surface area contributed by atoms with Crippen molar-refractivity contribution in [1.29, 1.82) is 0 Å². The van der Waals surface area contributed by atoms with Gasteiger partial charge in [0.05, 0.1) is 15.7 Å². The lowest BCUT2D eigenvalue weighted by atomic mass is 9.82. The van der Waals surface area contributed by atoms with E-state index in [4.69, 9.17) is 23.2 Å². The number of pyridine rings is 1. The van der Waals surface area contributed by atoms with Crippen LogP contribution in [0.15, 0.2) is 60.9 Å². The first-order valence-electron chi connectivity index (χ1n) is 13.1. The average Bonchev–Trinajstić information content (AvgIpc) is 2.95. The van der Waals surface area contributed by atoms with Crippen molar-refractivity contribution in [2.45, 2.75) is 44.1 Å². The van der Waals surface area contributed by atoms with Crippen molar-refractivity contribution < 1.29 is 9.59 Å². The number of hydrogen-bond donors (Lipinski definition) is 3. The second kappa shape index (κ2) is 12.0. The van der Waals surface area contributed by atoms with Crippen LogP contribution >= 0.6 is 23.2 Å². The Hall–Kier alpha value is -3.29. The first-order valence-corrected chi connectivity index (χ1v) is 13.8. The predicted molar refractivity (Wildman–Crippen MR) is 153 cm³/mol. The van der Waals surface area contributed by atoms with Gasteiger partial charge in [-0.05, 0) is 79.6 Å². The minimum Gasteiger partial charge on any atom is -0.371 e. The summed E-state index contributed by atoms with van der Waals surface area (Å²) in [6, 6.07) is 15.0. The number of aromatic nitrogens is 1. The number of hydrogen-bond acceptors (Lipinski definition) is 4. The number of amides is 3. The van der Waals surface area contributed by atoms with Crippen molar-refractivity contribution in [3.63, 3.8) is 0 Å². The van der Waals surface area contributed by atoms with E-state index in [1.165, 1.54) is 11.3 Å². The van der Waals surface area contributed by atoms with Gasteiger partial charge in [-0.25, -0.2) is 4.79 Å². The zero-order chi connectivity index (χ0) is 26.5. The maximum Gasteiger partial charge on any atom is 0.319 e. The van der Waals surface area contributed by atoms with Gasteiger partial charge in [-0.15, -0.1) is 0 Å². The minimum atomic E-state index is -0.340. The molecule has 3 aromatic rings. The Morgan fingerprint density at radius 2 is 1.79 bits per heavy atom. The molecular weight excluding hydrogens is 521 g/mol. The minimum absolute atomic E-state index is 0.0409. The third-order valence-electron chi connectivity index (χ3n) is 7.41. The lowest BCUT2D eigenvalue weighted by molar-refractivity contribution is 0.0931. The molecule has 7 nitrogen and oxygen atoms in total. The van der Waals surface area contributed by atoms with E-state index >= 15 is 0 Å². The summed E-state index contributed by atoms with van der Waals surface area (Å²) in [5, 5.41) is 9.66. The second-order valence-electron chi connectivity index (χ2n) is 9.88.